The average molecular weight is 360 g/mol. The van der Waals surface area contributed by atoms with Crippen molar-refractivity contribution in [2.24, 2.45) is 0 Å². The number of aromatic nitrogens is 2. The largest absolute Gasteiger partial charge is 0.331 e. The van der Waals surface area contributed by atoms with E-state index in [1.165, 1.54) is 0 Å². The minimum Gasteiger partial charge on any atom is -0.331 e. The van der Waals surface area contributed by atoms with Crippen LogP contribution in [0.15, 0.2) is 54.9 Å². The lowest BCUT2D eigenvalue weighted by Gasteiger charge is -2.08. The molecule has 0 unspecified atom stereocenters. The Hall–Kier alpha value is -2.30. The van der Waals surface area contributed by atoms with Crippen LogP contribution in [0.1, 0.15) is 21.7 Å². The number of aryl methyl sites for hydroxylation is 1. The maximum Gasteiger partial charge on any atom is 0.255 e. The fourth-order valence-electron chi connectivity index (χ4n) is 2.36. The van der Waals surface area contributed by atoms with Crippen LogP contribution in [0.4, 0.5) is 5.69 Å². The molecular weight excluding hydrogens is 345 g/mol. The second kappa shape index (κ2) is 7.07. The Labute approximate surface area is 150 Å². The van der Waals surface area contributed by atoms with Gasteiger partial charge in [0.15, 0.2) is 0 Å². The Morgan fingerprint density at radius 2 is 1.79 bits per heavy atom. The molecule has 1 aromatic heterocycles. The number of nitrogens with one attached hydrogen (secondary N) is 1. The molecule has 1 amide bonds. The Bertz CT molecular complexity index is 852. The lowest BCUT2D eigenvalue weighted by Crippen LogP contribution is -2.12. The van der Waals surface area contributed by atoms with Crippen molar-refractivity contribution in [3.8, 4) is 0 Å². The number of nitrogens with zero attached hydrogens (tertiary/aromatic N) is 2. The predicted molar refractivity (Wildman–Crippen MR) is 96.9 cm³/mol. The van der Waals surface area contributed by atoms with E-state index in [0.717, 1.165) is 17.9 Å². The number of anilines is 1. The molecule has 6 heteroatoms. The number of rotatable bonds is 4. The average Bonchev–Trinajstić information content (AvgIpc) is 2.92. The molecule has 0 saturated carbocycles. The van der Waals surface area contributed by atoms with Gasteiger partial charge in [-0.15, -0.1) is 0 Å². The van der Waals surface area contributed by atoms with E-state index in [0.29, 0.717) is 21.3 Å². The summed E-state index contributed by atoms with van der Waals surface area (Å²) in [4.78, 5) is 16.5. The standard InChI is InChI=1S/C18H15Cl2N3O/c1-12-21-6-7-23(12)11-13-2-4-14(5-3-13)18(24)22-17-9-15(19)8-16(20)10-17/h2-10H,11H2,1H3,(H,22,24). The number of halogens is 2. The molecule has 122 valence electrons. The Balaban J connectivity index is 1.70. The van der Waals surface area contributed by atoms with Gasteiger partial charge in [-0.1, -0.05) is 35.3 Å². The second-order valence-electron chi connectivity index (χ2n) is 5.41. The van der Waals surface area contributed by atoms with Crippen LogP contribution in [0.2, 0.25) is 10.0 Å². The van der Waals surface area contributed by atoms with E-state index in [-0.39, 0.29) is 5.91 Å². The lowest BCUT2D eigenvalue weighted by atomic mass is 10.1. The first-order valence-electron chi connectivity index (χ1n) is 7.35. The van der Waals surface area contributed by atoms with Crippen LogP contribution >= 0.6 is 23.2 Å². The highest BCUT2D eigenvalue weighted by Gasteiger charge is 2.08. The zero-order valence-corrected chi connectivity index (χ0v) is 14.5. The highest BCUT2D eigenvalue weighted by Crippen LogP contribution is 2.23. The highest BCUT2D eigenvalue weighted by molar-refractivity contribution is 6.35. The first-order valence-corrected chi connectivity index (χ1v) is 8.11. The molecule has 24 heavy (non-hydrogen) atoms. The summed E-state index contributed by atoms with van der Waals surface area (Å²) in [5.41, 5.74) is 2.23. The second-order valence-corrected chi connectivity index (χ2v) is 6.28. The van der Waals surface area contributed by atoms with Crippen LogP contribution < -0.4 is 5.32 Å². The smallest absolute Gasteiger partial charge is 0.255 e. The van der Waals surface area contributed by atoms with Crippen molar-refractivity contribution in [1.82, 2.24) is 9.55 Å². The van der Waals surface area contributed by atoms with E-state index in [1.54, 1.807) is 36.5 Å². The fraction of sp³-hybridized carbons (Fsp3) is 0.111. The molecule has 0 fully saturated rings. The summed E-state index contributed by atoms with van der Waals surface area (Å²) < 4.78 is 2.04. The maximum atomic E-state index is 12.3. The van der Waals surface area contributed by atoms with E-state index >= 15 is 0 Å². The topological polar surface area (TPSA) is 46.9 Å². The van der Waals surface area contributed by atoms with Crippen molar-refractivity contribution >= 4 is 34.8 Å². The highest BCUT2D eigenvalue weighted by atomic mass is 35.5. The quantitative estimate of drug-likeness (QED) is 0.727. The Morgan fingerprint density at radius 3 is 2.38 bits per heavy atom. The van der Waals surface area contributed by atoms with Crippen molar-refractivity contribution in [3.05, 3.63) is 81.9 Å². The van der Waals surface area contributed by atoms with E-state index in [9.17, 15) is 4.79 Å². The molecule has 0 aliphatic heterocycles. The molecule has 0 aliphatic carbocycles. The minimum absolute atomic E-state index is 0.210. The van der Waals surface area contributed by atoms with Crippen LogP contribution in [-0.4, -0.2) is 15.5 Å². The van der Waals surface area contributed by atoms with E-state index in [1.807, 2.05) is 29.8 Å². The van der Waals surface area contributed by atoms with Gasteiger partial charge in [-0.05, 0) is 42.8 Å². The SMILES string of the molecule is Cc1nccn1Cc1ccc(C(=O)Nc2cc(Cl)cc(Cl)c2)cc1. The number of hydrogen-bond donors (Lipinski definition) is 1. The van der Waals surface area contributed by atoms with Gasteiger partial charge in [-0.3, -0.25) is 4.79 Å². The van der Waals surface area contributed by atoms with Crippen molar-refractivity contribution < 1.29 is 4.79 Å². The van der Waals surface area contributed by atoms with Crippen LogP contribution in [0.25, 0.3) is 0 Å². The van der Waals surface area contributed by atoms with Crippen molar-refractivity contribution in [3.63, 3.8) is 0 Å². The van der Waals surface area contributed by atoms with Gasteiger partial charge < -0.3 is 9.88 Å². The summed E-state index contributed by atoms with van der Waals surface area (Å²) in [5, 5.41) is 3.74. The predicted octanol–water partition coefficient (Wildman–Crippen LogP) is 4.80. The third-order valence-electron chi connectivity index (χ3n) is 3.61. The zero-order valence-electron chi connectivity index (χ0n) is 13.0. The first-order chi connectivity index (χ1) is 11.5. The van der Waals surface area contributed by atoms with Crippen LogP contribution in [0.5, 0.6) is 0 Å². The van der Waals surface area contributed by atoms with E-state index in [4.69, 9.17) is 23.2 Å². The summed E-state index contributed by atoms with van der Waals surface area (Å²) in [6.07, 6.45) is 3.70. The van der Waals surface area contributed by atoms with Gasteiger partial charge in [-0.2, -0.15) is 0 Å². The first kappa shape index (κ1) is 16.6. The van der Waals surface area contributed by atoms with Crippen LogP contribution in [0.3, 0.4) is 0 Å². The number of carbonyl (C=O) groups is 1. The molecule has 0 atom stereocenters. The zero-order chi connectivity index (χ0) is 17.1. The van der Waals surface area contributed by atoms with Gasteiger partial charge in [0.1, 0.15) is 5.82 Å². The molecular formula is C18H15Cl2N3O. The summed E-state index contributed by atoms with van der Waals surface area (Å²) in [6.45, 7) is 2.68. The number of amides is 1. The lowest BCUT2D eigenvalue weighted by molar-refractivity contribution is 0.102. The molecule has 3 aromatic rings. The summed E-state index contributed by atoms with van der Waals surface area (Å²) in [6, 6.07) is 12.4. The molecule has 0 aliphatic rings. The Kier molecular flexibility index (Phi) is 4.88. The molecule has 0 saturated heterocycles. The third kappa shape index (κ3) is 3.96. The van der Waals surface area contributed by atoms with E-state index in [2.05, 4.69) is 10.3 Å². The van der Waals surface area contributed by atoms with Crippen molar-refractivity contribution in [2.75, 3.05) is 5.32 Å². The molecule has 0 spiro atoms. The molecule has 1 heterocycles. The van der Waals surface area contributed by atoms with Crippen LogP contribution in [-0.2, 0) is 6.54 Å². The van der Waals surface area contributed by atoms with Gasteiger partial charge in [0.05, 0.1) is 0 Å². The molecule has 4 nitrogen and oxygen atoms in total. The van der Waals surface area contributed by atoms with E-state index < -0.39 is 0 Å². The van der Waals surface area contributed by atoms with Gasteiger partial charge >= 0.3 is 0 Å². The van der Waals surface area contributed by atoms with Crippen molar-refractivity contribution in [1.29, 1.82) is 0 Å². The van der Waals surface area contributed by atoms with Crippen molar-refractivity contribution in [2.45, 2.75) is 13.5 Å². The van der Waals surface area contributed by atoms with Gasteiger partial charge in [0.2, 0.25) is 0 Å². The van der Waals surface area contributed by atoms with Gasteiger partial charge in [0, 0.05) is 40.2 Å². The number of carbonyl (C=O) groups excluding carboxylic acids is 1. The van der Waals surface area contributed by atoms with Crippen LogP contribution in [0, 0.1) is 6.92 Å². The number of benzene rings is 2. The molecule has 0 bridgehead atoms. The van der Waals surface area contributed by atoms with Gasteiger partial charge in [0.25, 0.3) is 5.91 Å². The fourth-order valence-corrected chi connectivity index (χ4v) is 2.88. The summed E-state index contributed by atoms with van der Waals surface area (Å²) >= 11 is 11.9. The number of hydrogen-bond acceptors (Lipinski definition) is 2. The minimum atomic E-state index is -0.210. The third-order valence-corrected chi connectivity index (χ3v) is 4.05. The molecule has 0 radical (unpaired) electrons. The normalized spacial score (nSPS) is 10.6. The molecule has 1 N–H and O–H groups in total. The Morgan fingerprint density at radius 1 is 1.12 bits per heavy atom. The molecule has 3 rings (SSSR count). The van der Waals surface area contributed by atoms with Gasteiger partial charge in [-0.25, -0.2) is 4.98 Å². The monoisotopic (exact) mass is 359 g/mol. The summed E-state index contributed by atoms with van der Waals surface area (Å²) in [5.74, 6) is 0.744. The summed E-state index contributed by atoms with van der Waals surface area (Å²) in [7, 11) is 0. The maximum absolute atomic E-state index is 12.3. The molecule has 2 aromatic carbocycles. The number of imidazole rings is 1.